The number of aryl methyl sites for hydroxylation is 1. The molecule has 0 fully saturated rings. The molecule has 1 aromatic heterocycles. The third-order valence-electron chi connectivity index (χ3n) is 7.64. The van der Waals surface area contributed by atoms with E-state index in [-0.39, 0.29) is 12.0 Å². The average molecular weight is 569 g/mol. The molecule has 5 aromatic rings. The number of nitrogens with one attached hydrogen (secondary N) is 1. The number of hydrogen-bond acceptors (Lipinski definition) is 8. The van der Waals surface area contributed by atoms with Crippen LogP contribution in [0.5, 0.6) is 5.75 Å². The molecule has 1 N–H and O–H groups in total. The Labute approximate surface area is 248 Å². The van der Waals surface area contributed by atoms with E-state index in [2.05, 4.69) is 16.3 Å². The first kappa shape index (κ1) is 26.2. The highest BCUT2D eigenvalue weighted by Crippen LogP contribution is 2.48. The lowest BCUT2D eigenvalue weighted by atomic mass is 9.92. The number of ether oxygens (including phenoxy) is 2. The summed E-state index contributed by atoms with van der Waals surface area (Å²) in [5.41, 5.74) is 6.76. The summed E-state index contributed by atoms with van der Waals surface area (Å²) in [6.45, 7) is 2.01. The molecule has 0 spiro atoms. The van der Waals surface area contributed by atoms with Gasteiger partial charge in [0.15, 0.2) is 17.5 Å². The first-order valence-corrected chi connectivity index (χ1v) is 13.9. The van der Waals surface area contributed by atoms with Crippen LogP contribution in [0.3, 0.4) is 0 Å². The number of amidine groups is 2. The van der Waals surface area contributed by atoms with E-state index in [4.69, 9.17) is 24.6 Å². The number of carbonyl (C=O) groups excluding carboxylic acids is 1. The van der Waals surface area contributed by atoms with Crippen molar-refractivity contribution in [3.05, 3.63) is 126 Å². The highest BCUT2D eigenvalue weighted by molar-refractivity contribution is 6.51. The Morgan fingerprint density at radius 2 is 1.56 bits per heavy atom. The number of esters is 1. The summed E-state index contributed by atoms with van der Waals surface area (Å²) in [6.07, 6.45) is 0. The number of hydrogen-bond donors (Lipinski definition) is 1. The van der Waals surface area contributed by atoms with Gasteiger partial charge in [0.05, 0.1) is 48.6 Å². The number of para-hydroxylation sites is 3. The van der Waals surface area contributed by atoms with Crippen LogP contribution in [0.2, 0.25) is 0 Å². The monoisotopic (exact) mass is 568 g/mol. The second kappa shape index (κ2) is 10.6. The molecule has 0 bridgehead atoms. The standard InChI is InChI=1S/C34H28N6O3/c1-21-29-30(22-13-15-23(16-14-22)34(41)43-3)39-28-12-8-7-11-27(28)36-31(35-24-17-19-26(42-2)20-18-24)33(39)37-32(29)40(38-21)25-9-5-4-6-10-25/h4-20,30H,1-3H3,(H,35,36). The van der Waals surface area contributed by atoms with Crippen LogP contribution in [0.4, 0.5) is 22.9 Å². The Morgan fingerprint density at radius 3 is 2.28 bits per heavy atom. The van der Waals surface area contributed by atoms with Gasteiger partial charge in [0.2, 0.25) is 0 Å². The Morgan fingerprint density at radius 1 is 0.837 bits per heavy atom. The van der Waals surface area contributed by atoms with Crippen LogP contribution in [0, 0.1) is 6.92 Å². The third kappa shape index (κ3) is 4.51. The maximum absolute atomic E-state index is 12.3. The SMILES string of the molecule is COC(=O)c1ccc(C2c3c(C)nn(-c4ccccc4)c3N=C3C(Nc4ccc(OC)cc4)=Nc4ccccc4N32)cc1. The minimum absolute atomic E-state index is 0.309. The molecule has 4 aromatic carbocycles. The number of aromatic nitrogens is 2. The molecule has 0 saturated heterocycles. The Balaban J connectivity index is 1.45. The molecule has 2 aliphatic heterocycles. The van der Waals surface area contributed by atoms with E-state index in [1.165, 1.54) is 7.11 Å². The van der Waals surface area contributed by atoms with Gasteiger partial charge in [-0.05, 0) is 73.2 Å². The van der Waals surface area contributed by atoms with Gasteiger partial charge >= 0.3 is 5.97 Å². The van der Waals surface area contributed by atoms with Crippen molar-refractivity contribution in [1.82, 2.24) is 9.78 Å². The van der Waals surface area contributed by atoms with Gasteiger partial charge in [-0.1, -0.05) is 42.5 Å². The zero-order valence-electron chi connectivity index (χ0n) is 23.9. The van der Waals surface area contributed by atoms with Gasteiger partial charge in [0, 0.05) is 11.3 Å². The first-order valence-electron chi connectivity index (χ1n) is 13.9. The fraction of sp³-hybridized carbons (Fsp3) is 0.118. The number of nitrogens with zero attached hydrogens (tertiary/aromatic N) is 5. The van der Waals surface area contributed by atoms with Crippen LogP contribution in [0.15, 0.2) is 113 Å². The maximum Gasteiger partial charge on any atom is 0.337 e. The van der Waals surface area contributed by atoms with E-state index in [9.17, 15) is 4.79 Å². The van der Waals surface area contributed by atoms with Gasteiger partial charge < -0.3 is 19.7 Å². The summed E-state index contributed by atoms with van der Waals surface area (Å²) in [6, 6.07) is 32.9. The van der Waals surface area contributed by atoms with Gasteiger partial charge in [-0.2, -0.15) is 5.10 Å². The van der Waals surface area contributed by atoms with Gasteiger partial charge in [-0.25, -0.2) is 19.5 Å². The summed E-state index contributed by atoms with van der Waals surface area (Å²) < 4.78 is 12.2. The molecular weight excluding hydrogens is 540 g/mol. The predicted molar refractivity (Wildman–Crippen MR) is 168 cm³/mol. The van der Waals surface area contributed by atoms with Gasteiger partial charge in [0.1, 0.15) is 5.75 Å². The van der Waals surface area contributed by atoms with E-state index in [1.807, 2.05) is 96.5 Å². The summed E-state index contributed by atoms with van der Waals surface area (Å²) in [5, 5.41) is 8.48. The second-order valence-electron chi connectivity index (χ2n) is 10.2. The molecule has 3 heterocycles. The van der Waals surface area contributed by atoms with Gasteiger partial charge in [0.25, 0.3) is 0 Å². The zero-order valence-corrected chi connectivity index (χ0v) is 23.9. The van der Waals surface area contributed by atoms with Crippen molar-refractivity contribution in [3.8, 4) is 11.4 Å². The number of methoxy groups -OCH3 is 2. The lowest BCUT2D eigenvalue weighted by Crippen LogP contribution is -2.46. The summed E-state index contributed by atoms with van der Waals surface area (Å²) in [4.78, 5) is 24.8. The summed E-state index contributed by atoms with van der Waals surface area (Å²) >= 11 is 0. The van der Waals surface area contributed by atoms with E-state index >= 15 is 0 Å². The molecule has 1 unspecified atom stereocenters. The van der Waals surface area contributed by atoms with Gasteiger partial charge in [-0.3, -0.25) is 0 Å². The maximum atomic E-state index is 12.3. The molecule has 43 heavy (non-hydrogen) atoms. The number of rotatable bonds is 5. The van der Waals surface area contributed by atoms with Crippen molar-refractivity contribution in [1.29, 1.82) is 0 Å². The number of aliphatic imine (C=N–C) groups is 2. The Hall–Kier alpha value is -5.70. The molecule has 0 saturated carbocycles. The Kier molecular flexibility index (Phi) is 6.47. The Bertz CT molecular complexity index is 1890. The van der Waals surface area contributed by atoms with Crippen LogP contribution in [-0.2, 0) is 4.74 Å². The number of carbonyl (C=O) groups is 1. The molecule has 9 nitrogen and oxygen atoms in total. The predicted octanol–water partition coefficient (Wildman–Crippen LogP) is 6.77. The minimum Gasteiger partial charge on any atom is -0.497 e. The van der Waals surface area contributed by atoms with Crippen molar-refractivity contribution in [2.75, 3.05) is 24.4 Å². The van der Waals surface area contributed by atoms with Crippen molar-refractivity contribution >= 4 is 40.5 Å². The number of benzene rings is 4. The van der Waals surface area contributed by atoms with Crippen molar-refractivity contribution in [2.24, 2.45) is 9.98 Å². The van der Waals surface area contributed by atoms with Gasteiger partial charge in [-0.15, -0.1) is 0 Å². The quantitative estimate of drug-likeness (QED) is 0.235. The molecular formula is C34H28N6O3. The molecule has 0 radical (unpaired) electrons. The molecule has 7 rings (SSSR count). The van der Waals surface area contributed by atoms with E-state index in [0.717, 1.165) is 51.1 Å². The summed E-state index contributed by atoms with van der Waals surface area (Å²) in [7, 11) is 3.03. The van der Waals surface area contributed by atoms with Crippen LogP contribution in [-0.4, -0.2) is 41.6 Å². The third-order valence-corrected chi connectivity index (χ3v) is 7.64. The van der Waals surface area contributed by atoms with E-state index in [0.29, 0.717) is 17.2 Å². The number of fused-ring (bicyclic) bond motifs is 4. The molecule has 9 heteroatoms. The van der Waals surface area contributed by atoms with Crippen molar-refractivity contribution in [3.63, 3.8) is 0 Å². The van der Waals surface area contributed by atoms with Crippen LogP contribution >= 0.6 is 0 Å². The van der Waals surface area contributed by atoms with Crippen LogP contribution < -0.4 is 15.0 Å². The lowest BCUT2D eigenvalue weighted by molar-refractivity contribution is 0.0600. The smallest absolute Gasteiger partial charge is 0.337 e. The fourth-order valence-corrected chi connectivity index (χ4v) is 5.59. The van der Waals surface area contributed by atoms with Crippen molar-refractivity contribution < 1.29 is 14.3 Å². The average Bonchev–Trinajstić information content (AvgIpc) is 3.40. The topological polar surface area (TPSA) is 93.3 Å². The highest BCUT2D eigenvalue weighted by atomic mass is 16.5. The second-order valence-corrected chi connectivity index (χ2v) is 10.2. The van der Waals surface area contributed by atoms with E-state index < -0.39 is 0 Å². The minimum atomic E-state index is -0.382. The molecule has 212 valence electrons. The largest absolute Gasteiger partial charge is 0.497 e. The zero-order chi connectivity index (χ0) is 29.5. The number of anilines is 2. The molecule has 0 amide bonds. The normalized spacial score (nSPS) is 15.0. The van der Waals surface area contributed by atoms with E-state index in [1.54, 1.807) is 19.2 Å². The first-order chi connectivity index (χ1) is 21.1. The van der Waals surface area contributed by atoms with Crippen molar-refractivity contribution in [2.45, 2.75) is 13.0 Å². The summed E-state index contributed by atoms with van der Waals surface area (Å²) in [5.74, 6) is 2.36. The lowest BCUT2D eigenvalue weighted by Gasteiger charge is -2.40. The van der Waals surface area contributed by atoms with Crippen LogP contribution in [0.25, 0.3) is 5.69 Å². The molecule has 0 aliphatic carbocycles. The van der Waals surface area contributed by atoms with Crippen LogP contribution in [0.1, 0.15) is 33.2 Å². The molecule has 1 atom stereocenters. The molecule has 2 aliphatic rings. The highest BCUT2D eigenvalue weighted by Gasteiger charge is 2.41. The fourth-order valence-electron chi connectivity index (χ4n) is 5.59.